The first-order valence-corrected chi connectivity index (χ1v) is 9.32. The van der Waals surface area contributed by atoms with Gasteiger partial charge in [-0.2, -0.15) is 0 Å². The molecule has 6 heteroatoms. The van der Waals surface area contributed by atoms with Crippen LogP contribution in [0.5, 0.6) is 0 Å². The highest BCUT2D eigenvalue weighted by atomic mass is 19.1. The summed E-state index contributed by atoms with van der Waals surface area (Å²) >= 11 is 0. The van der Waals surface area contributed by atoms with Crippen molar-refractivity contribution in [3.8, 4) is 0 Å². The molecule has 1 N–H and O–H groups in total. The number of amides is 1. The zero-order chi connectivity index (χ0) is 19.2. The summed E-state index contributed by atoms with van der Waals surface area (Å²) in [5, 5.41) is 2.99. The molecule has 0 saturated carbocycles. The number of piperazine rings is 1. The number of halogens is 1. The second-order valence-electron chi connectivity index (χ2n) is 6.98. The van der Waals surface area contributed by atoms with E-state index in [1.54, 1.807) is 6.07 Å². The van der Waals surface area contributed by atoms with Crippen LogP contribution in [0.1, 0.15) is 10.4 Å². The highest BCUT2D eigenvalue weighted by Gasteiger charge is 2.19. The van der Waals surface area contributed by atoms with E-state index < -0.39 is 0 Å². The Morgan fingerprint density at radius 2 is 1.81 bits per heavy atom. The topological polar surface area (TPSA) is 38.8 Å². The Morgan fingerprint density at radius 3 is 2.52 bits per heavy atom. The molecule has 0 aromatic heterocycles. The molecule has 1 aliphatic heterocycles. The molecule has 2 aromatic carbocycles. The Kier molecular flexibility index (Phi) is 6.29. The SMILES string of the molecule is CN(C)c1cccc(C(=O)NCCN2CCN(c3ccccc3F)CC2)c1. The third-order valence-electron chi connectivity index (χ3n) is 4.90. The van der Waals surface area contributed by atoms with Crippen molar-refractivity contribution in [3.63, 3.8) is 0 Å². The van der Waals surface area contributed by atoms with Crippen LogP contribution in [0.2, 0.25) is 0 Å². The Labute approximate surface area is 160 Å². The standard InChI is InChI=1S/C21H27FN4O/c1-24(2)18-7-5-6-17(16-18)21(27)23-10-11-25-12-14-26(15-13-25)20-9-4-3-8-19(20)22/h3-9,16H,10-15H2,1-2H3,(H,23,27). The zero-order valence-corrected chi connectivity index (χ0v) is 16.0. The van der Waals surface area contributed by atoms with Gasteiger partial charge in [0, 0.05) is 64.6 Å². The lowest BCUT2D eigenvalue weighted by molar-refractivity contribution is 0.0948. The number of carbonyl (C=O) groups is 1. The maximum atomic E-state index is 13.9. The van der Waals surface area contributed by atoms with E-state index in [4.69, 9.17) is 0 Å². The molecule has 1 heterocycles. The minimum absolute atomic E-state index is 0.0521. The Balaban J connectivity index is 1.43. The summed E-state index contributed by atoms with van der Waals surface area (Å²) in [6.07, 6.45) is 0. The van der Waals surface area contributed by atoms with Crippen LogP contribution < -0.4 is 15.1 Å². The summed E-state index contributed by atoms with van der Waals surface area (Å²) in [5.41, 5.74) is 2.35. The predicted octanol–water partition coefficient (Wildman–Crippen LogP) is 2.44. The maximum absolute atomic E-state index is 13.9. The van der Waals surface area contributed by atoms with Crippen LogP contribution in [0.4, 0.5) is 15.8 Å². The lowest BCUT2D eigenvalue weighted by Crippen LogP contribution is -2.48. The minimum atomic E-state index is -0.168. The molecular formula is C21H27FN4O. The highest BCUT2D eigenvalue weighted by molar-refractivity contribution is 5.95. The van der Waals surface area contributed by atoms with Gasteiger partial charge in [-0.25, -0.2) is 4.39 Å². The van der Waals surface area contributed by atoms with Gasteiger partial charge >= 0.3 is 0 Å². The van der Waals surface area contributed by atoms with Crippen LogP contribution in [0.15, 0.2) is 48.5 Å². The number of anilines is 2. The molecule has 0 aliphatic carbocycles. The van der Waals surface area contributed by atoms with E-state index in [1.807, 2.05) is 55.4 Å². The van der Waals surface area contributed by atoms with Crippen LogP contribution in [-0.4, -0.2) is 64.2 Å². The van der Waals surface area contributed by atoms with Gasteiger partial charge in [-0.05, 0) is 30.3 Å². The Morgan fingerprint density at radius 1 is 1.07 bits per heavy atom. The van der Waals surface area contributed by atoms with Gasteiger partial charge in [0.1, 0.15) is 5.82 Å². The monoisotopic (exact) mass is 370 g/mol. The average Bonchev–Trinajstić information content (AvgIpc) is 2.69. The lowest BCUT2D eigenvalue weighted by atomic mass is 10.2. The van der Waals surface area contributed by atoms with Gasteiger partial charge in [0.2, 0.25) is 0 Å². The summed E-state index contributed by atoms with van der Waals surface area (Å²) in [7, 11) is 3.91. The summed E-state index contributed by atoms with van der Waals surface area (Å²) in [4.78, 5) is 18.7. The van der Waals surface area contributed by atoms with Crippen molar-refractivity contribution < 1.29 is 9.18 Å². The van der Waals surface area contributed by atoms with Gasteiger partial charge in [0.05, 0.1) is 5.69 Å². The van der Waals surface area contributed by atoms with Crippen molar-refractivity contribution >= 4 is 17.3 Å². The van der Waals surface area contributed by atoms with Crippen LogP contribution in [0.25, 0.3) is 0 Å². The van der Waals surface area contributed by atoms with E-state index in [9.17, 15) is 9.18 Å². The first-order chi connectivity index (χ1) is 13.0. The summed E-state index contributed by atoms with van der Waals surface area (Å²) < 4.78 is 13.9. The van der Waals surface area contributed by atoms with Crippen molar-refractivity contribution in [2.75, 3.05) is 63.2 Å². The smallest absolute Gasteiger partial charge is 0.251 e. The Bertz CT molecular complexity index is 772. The van der Waals surface area contributed by atoms with Gasteiger partial charge in [-0.15, -0.1) is 0 Å². The van der Waals surface area contributed by atoms with Gasteiger partial charge in [-0.1, -0.05) is 18.2 Å². The fourth-order valence-electron chi connectivity index (χ4n) is 3.28. The second kappa shape index (κ2) is 8.86. The van der Waals surface area contributed by atoms with Crippen LogP contribution >= 0.6 is 0 Å². The number of rotatable bonds is 6. The van der Waals surface area contributed by atoms with Crippen LogP contribution in [0, 0.1) is 5.82 Å². The van der Waals surface area contributed by atoms with Crippen molar-refractivity contribution in [1.29, 1.82) is 0 Å². The molecule has 1 aliphatic rings. The molecule has 0 bridgehead atoms. The van der Waals surface area contributed by atoms with E-state index in [2.05, 4.69) is 15.1 Å². The largest absolute Gasteiger partial charge is 0.378 e. The van der Waals surface area contributed by atoms with Crippen molar-refractivity contribution in [2.45, 2.75) is 0 Å². The maximum Gasteiger partial charge on any atom is 0.251 e. The summed E-state index contributed by atoms with van der Waals surface area (Å²) in [5.74, 6) is -0.220. The lowest BCUT2D eigenvalue weighted by Gasteiger charge is -2.36. The molecule has 1 saturated heterocycles. The van der Waals surface area contributed by atoms with E-state index >= 15 is 0 Å². The van der Waals surface area contributed by atoms with Gasteiger partial charge in [0.25, 0.3) is 5.91 Å². The number of nitrogens with zero attached hydrogens (tertiary/aromatic N) is 3. The predicted molar refractivity (Wildman–Crippen MR) is 108 cm³/mol. The normalized spacial score (nSPS) is 14.9. The van der Waals surface area contributed by atoms with Gasteiger partial charge in [0.15, 0.2) is 0 Å². The van der Waals surface area contributed by atoms with Crippen molar-refractivity contribution in [2.24, 2.45) is 0 Å². The fraction of sp³-hybridized carbons (Fsp3) is 0.381. The molecule has 0 radical (unpaired) electrons. The molecule has 2 aromatic rings. The van der Waals surface area contributed by atoms with E-state index in [1.165, 1.54) is 6.07 Å². The molecular weight excluding hydrogens is 343 g/mol. The number of hydrogen-bond acceptors (Lipinski definition) is 4. The van der Waals surface area contributed by atoms with Crippen molar-refractivity contribution in [1.82, 2.24) is 10.2 Å². The van der Waals surface area contributed by atoms with E-state index in [-0.39, 0.29) is 11.7 Å². The molecule has 27 heavy (non-hydrogen) atoms. The Hall–Kier alpha value is -2.60. The quantitative estimate of drug-likeness (QED) is 0.848. The second-order valence-corrected chi connectivity index (χ2v) is 6.98. The zero-order valence-electron chi connectivity index (χ0n) is 16.0. The average molecular weight is 370 g/mol. The molecule has 3 rings (SSSR count). The molecule has 0 unspecified atom stereocenters. The van der Waals surface area contributed by atoms with Gasteiger partial charge < -0.3 is 15.1 Å². The molecule has 0 spiro atoms. The third kappa shape index (κ3) is 4.98. The van der Waals surface area contributed by atoms with Crippen LogP contribution in [0.3, 0.4) is 0 Å². The van der Waals surface area contributed by atoms with E-state index in [0.29, 0.717) is 17.8 Å². The first kappa shape index (κ1) is 19.2. The van der Waals surface area contributed by atoms with E-state index in [0.717, 1.165) is 38.4 Å². The minimum Gasteiger partial charge on any atom is -0.378 e. The number of para-hydroxylation sites is 1. The number of nitrogens with one attached hydrogen (secondary N) is 1. The van der Waals surface area contributed by atoms with Crippen LogP contribution in [-0.2, 0) is 0 Å². The molecule has 5 nitrogen and oxygen atoms in total. The van der Waals surface area contributed by atoms with Gasteiger partial charge in [-0.3, -0.25) is 9.69 Å². The molecule has 0 atom stereocenters. The fourth-order valence-corrected chi connectivity index (χ4v) is 3.28. The highest BCUT2D eigenvalue weighted by Crippen LogP contribution is 2.20. The number of benzene rings is 2. The summed E-state index contributed by atoms with van der Waals surface area (Å²) in [6, 6.07) is 14.5. The summed E-state index contributed by atoms with van der Waals surface area (Å²) in [6.45, 7) is 4.70. The number of carbonyl (C=O) groups excluding carboxylic acids is 1. The molecule has 144 valence electrons. The molecule has 1 fully saturated rings. The number of hydrogen-bond donors (Lipinski definition) is 1. The third-order valence-corrected chi connectivity index (χ3v) is 4.90. The first-order valence-electron chi connectivity index (χ1n) is 9.32. The molecule has 1 amide bonds. The van der Waals surface area contributed by atoms with Crippen molar-refractivity contribution in [3.05, 3.63) is 59.9 Å².